The molecule has 0 spiro atoms. The van der Waals surface area contributed by atoms with Crippen molar-refractivity contribution in [3.05, 3.63) is 22.7 Å². The molecule has 0 unspecified atom stereocenters. The summed E-state index contributed by atoms with van der Waals surface area (Å²) in [7, 11) is 0. The van der Waals surface area contributed by atoms with E-state index in [4.69, 9.17) is 5.73 Å². The van der Waals surface area contributed by atoms with Gasteiger partial charge in [0.2, 0.25) is 0 Å². The highest BCUT2D eigenvalue weighted by atomic mass is 79.9. The molecule has 0 bridgehead atoms. The van der Waals surface area contributed by atoms with Crippen LogP contribution < -0.4 is 10.6 Å². The molecule has 0 heterocycles. The molecule has 1 aromatic rings. The van der Waals surface area contributed by atoms with E-state index in [1.54, 1.807) is 0 Å². The molecule has 100 valence electrons. The first-order chi connectivity index (χ1) is 8.58. The summed E-state index contributed by atoms with van der Waals surface area (Å²) >= 11 is 3.66. The average molecular weight is 311 g/mol. The van der Waals surface area contributed by atoms with Crippen LogP contribution in [-0.2, 0) is 0 Å². The Labute approximate surface area is 119 Å². The van der Waals surface area contributed by atoms with Crippen LogP contribution in [-0.4, -0.2) is 12.6 Å². The number of nitrogens with two attached hydrogens (primary N) is 1. The van der Waals surface area contributed by atoms with E-state index in [0.29, 0.717) is 12.0 Å². The second-order valence-corrected chi connectivity index (χ2v) is 6.55. The van der Waals surface area contributed by atoms with Gasteiger partial charge in [0.05, 0.1) is 5.69 Å². The monoisotopic (exact) mass is 310 g/mol. The third-order valence-electron chi connectivity index (χ3n) is 3.61. The number of halogens is 1. The lowest BCUT2D eigenvalue weighted by molar-refractivity contribution is 0.535. The largest absolute Gasteiger partial charge is 0.399 e. The highest BCUT2D eigenvalue weighted by Crippen LogP contribution is 2.34. The van der Waals surface area contributed by atoms with E-state index in [1.807, 2.05) is 12.1 Å². The van der Waals surface area contributed by atoms with Crippen LogP contribution in [0.15, 0.2) is 22.7 Å². The number of hydrogen-bond donors (Lipinski definition) is 1. The summed E-state index contributed by atoms with van der Waals surface area (Å²) in [5.74, 6) is 0.676. The third kappa shape index (κ3) is 3.19. The molecule has 0 saturated heterocycles. The van der Waals surface area contributed by atoms with Crippen LogP contribution in [0.2, 0.25) is 0 Å². The van der Waals surface area contributed by atoms with Crippen molar-refractivity contribution in [2.45, 2.75) is 45.6 Å². The second kappa shape index (κ2) is 5.96. The van der Waals surface area contributed by atoms with E-state index in [9.17, 15) is 0 Å². The molecule has 0 radical (unpaired) electrons. The smallest absolute Gasteiger partial charge is 0.0514 e. The molecule has 0 aromatic heterocycles. The maximum atomic E-state index is 5.83. The molecular formula is C15H23BrN2. The van der Waals surface area contributed by atoms with E-state index < -0.39 is 0 Å². The Kier molecular flexibility index (Phi) is 4.55. The zero-order chi connectivity index (χ0) is 13.1. The van der Waals surface area contributed by atoms with Gasteiger partial charge in [-0.3, -0.25) is 0 Å². The first-order valence-electron chi connectivity index (χ1n) is 6.89. The van der Waals surface area contributed by atoms with Crippen molar-refractivity contribution in [3.8, 4) is 0 Å². The highest BCUT2D eigenvalue weighted by Gasteiger charge is 2.24. The molecule has 3 heteroatoms. The number of hydrogen-bond acceptors (Lipinski definition) is 2. The van der Waals surface area contributed by atoms with Gasteiger partial charge in [0.25, 0.3) is 0 Å². The summed E-state index contributed by atoms with van der Waals surface area (Å²) in [6, 6.07) is 6.87. The lowest BCUT2D eigenvalue weighted by atomic mass is 10.1. The van der Waals surface area contributed by atoms with Crippen LogP contribution in [0, 0.1) is 5.92 Å². The van der Waals surface area contributed by atoms with Crippen molar-refractivity contribution in [1.29, 1.82) is 0 Å². The highest BCUT2D eigenvalue weighted by molar-refractivity contribution is 9.10. The van der Waals surface area contributed by atoms with Gasteiger partial charge in [0.15, 0.2) is 0 Å². The van der Waals surface area contributed by atoms with Gasteiger partial charge in [-0.15, -0.1) is 0 Å². The number of rotatable bonds is 4. The zero-order valence-corrected chi connectivity index (χ0v) is 12.9. The molecule has 1 aromatic carbocycles. The van der Waals surface area contributed by atoms with Gasteiger partial charge < -0.3 is 10.6 Å². The van der Waals surface area contributed by atoms with Gasteiger partial charge in [-0.1, -0.05) is 26.7 Å². The first kappa shape index (κ1) is 13.7. The Morgan fingerprint density at radius 3 is 2.56 bits per heavy atom. The minimum absolute atomic E-state index is 0.676. The molecule has 1 fully saturated rings. The number of nitrogens with zero attached hydrogens (tertiary/aromatic N) is 1. The van der Waals surface area contributed by atoms with Crippen molar-refractivity contribution >= 4 is 27.3 Å². The van der Waals surface area contributed by atoms with Crippen LogP contribution in [0.1, 0.15) is 39.5 Å². The van der Waals surface area contributed by atoms with E-state index in [-0.39, 0.29) is 0 Å². The maximum absolute atomic E-state index is 5.83. The normalized spacial score (nSPS) is 16.4. The molecule has 1 aliphatic rings. The second-order valence-electron chi connectivity index (χ2n) is 5.70. The molecule has 18 heavy (non-hydrogen) atoms. The van der Waals surface area contributed by atoms with Crippen LogP contribution in [0.25, 0.3) is 0 Å². The third-order valence-corrected chi connectivity index (χ3v) is 4.24. The molecule has 0 aliphatic heterocycles. The van der Waals surface area contributed by atoms with Crippen LogP contribution in [0.5, 0.6) is 0 Å². The van der Waals surface area contributed by atoms with Crippen molar-refractivity contribution in [3.63, 3.8) is 0 Å². The lowest BCUT2D eigenvalue weighted by Crippen LogP contribution is -2.36. The zero-order valence-electron chi connectivity index (χ0n) is 11.3. The van der Waals surface area contributed by atoms with Crippen LogP contribution >= 0.6 is 15.9 Å². The lowest BCUT2D eigenvalue weighted by Gasteiger charge is -2.33. The van der Waals surface area contributed by atoms with Crippen LogP contribution in [0.3, 0.4) is 0 Å². The van der Waals surface area contributed by atoms with E-state index >= 15 is 0 Å². The molecule has 0 atom stereocenters. The van der Waals surface area contributed by atoms with Crippen molar-refractivity contribution in [2.75, 3.05) is 17.2 Å². The quantitative estimate of drug-likeness (QED) is 0.833. The Morgan fingerprint density at radius 1 is 1.33 bits per heavy atom. The van der Waals surface area contributed by atoms with Crippen LogP contribution in [0.4, 0.5) is 11.4 Å². The number of nitrogen functional groups attached to an aromatic ring is 1. The summed E-state index contributed by atoms with van der Waals surface area (Å²) in [6.45, 7) is 5.69. The van der Waals surface area contributed by atoms with E-state index in [2.05, 4.69) is 40.7 Å². The summed E-state index contributed by atoms with van der Waals surface area (Å²) in [6.07, 6.45) is 5.38. The summed E-state index contributed by atoms with van der Waals surface area (Å²) in [4.78, 5) is 2.57. The molecule has 2 nitrogen and oxygen atoms in total. The number of anilines is 2. The fraction of sp³-hybridized carbons (Fsp3) is 0.600. The standard InChI is InChI=1S/C15H23BrN2/c1-11(2)10-18(13-5-3-4-6-13)15-8-7-12(17)9-14(15)16/h7-9,11,13H,3-6,10,17H2,1-2H3. The van der Waals surface area contributed by atoms with E-state index in [1.165, 1.54) is 31.4 Å². The van der Waals surface area contributed by atoms with Crippen molar-refractivity contribution in [2.24, 2.45) is 5.92 Å². The van der Waals surface area contributed by atoms with Gasteiger partial charge in [-0.05, 0) is 52.9 Å². The topological polar surface area (TPSA) is 29.3 Å². The average Bonchev–Trinajstić information content (AvgIpc) is 2.79. The molecule has 1 aliphatic carbocycles. The van der Waals surface area contributed by atoms with Gasteiger partial charge >= 0.3 is 0 Å². The fourth-order valence-corrected chi connectivity index (χ4v) is 3.43. The van der Waals surface area contributed by atoms with Crippen molar-refractivity contribution in [1.82, 2.24) is 0 Å². The Bertz CT molecular complexity index is 397. The number of benzene rings is 1. The summed E-state index contributed by atoms with van der Waals surface area (Å²) < 4.78 is 1.12. The predicted molar refractivity (Wildman–Crippen MR) is 83.0 cm³/mol. The summed E-state index contributed by atoms with van der Waals surface area (Å²) in [5.41, 5.74) is 7.95. The molecule has 0 amide bonds. The maximum Gasteiger partial charge on any atom is 0.0514 e. The van der Waals surface area contributed by atoms with Gasteiger partial charge in [0.1, 0.15) is 0 Å². The SMILES string of the molecule is CC(C)CN(c1ccc(N)cc1Br)C1CCCC1. The minimum Gasteiger partial charge on any atom is -0.399 e. The summed E-state index contributed by atoms with van der Waals surface area (Å²) in [5, 5.41) is 0. The molecular weight excluding hydrogens is 288 g/mol. The van der Waals surface area contributed by atoms with E-state index in [0.717, 1.165) is 16.7 Å². The van der Waals surface area contributed by atoms with Gasteiger partial charge in [0, 0.05) is 22.7 Å². The first-order valence-corrected chi connectivity index (χ1v) is 7.69. The Morgan fingerprint density at radius 2 is 2.00 bits per heavy atom. The minimum atomic E-state index is 0.676. The fourth-order valence-electron chi connectivity index (χ4n) is 2.81. The molecule has 2 rings (SSSR count). The molecule has 1 saturated carbocycles. The Hall–Kier alpha value is -0.700. The van der Waals surface area contributed by atoms with Gasteiger partial charge in [-0.25, -0.2) is 0 Å². The predicted octanol–water partition coefficient (Wildman–Crippen LogP) is 4.44. The molecule has 2 N–H and O–H groups in total. The van der Waals surface area contributed by atoms with Crippen molar-refractivity contribution < 1.29 is 0 Å². The van der Waals surface area contributed by atoms with Gasteiger partial charge in [-0.2, -0.15) is 0 Å². The Balaban J connectivity index is 2.26.